The monoisotopic (exact) mass is 419 g/mol. The number of anilines is 1. The number of methoxy groups -OCH3 is 1. The molecule has 0 bridgehead atoms. The number of benzene rings is 2. The minimum absolute atomic E-state index is 0.0843. The minimum Gasteiger partial charge on any atom is -0.469 e. The number of nitrogens with one attached hydrogen (secondary N) is 1. The van der Waals surface area contributed by atoms with Crippen molar-refractivity contribution in [2.24, 2.45) is 0 Å². The lowest BCUT2D eigenvalue weighted by Gasteiger charge is -2.08. The summed E-state index contributed by atoms with van der Waals surface area (Å²) >= 11 is 0. The van der Waals surface area contributed by atoms with Crippen molar-refractivity contribution >= 4 is 23.0 Å². The maximum absolute atomic E-state index is 12.6. The maximum atomic E-state index is 12.6. The second-order valence-corrected chi connectivity index (χ2v) is 6.95. The Kier molecular flexibility index (Phi) is 5.65. The Morgan fingerprint density at radius 2 is 1.81 bits per heavy atom. The molecule has 0 fully saturated rings. The van der Waals surface area contributed by atoms with E-state index >= 15 is 0 Å². The van der Waals surface area contributed by atoms with Gasteiger partial charge < -0.3 is 20.2 Å². The summed E-state index contributed by atoms with van der Waals surface area (Å²) in [5, 5.41) is 0. The fourth-order valence-electron chi connectivity index (χ4n) is 3.22. The number of carbonyl (C=O) groups excluding carboxylic acids is 1. The third kappa shape index (κ3) is 4.55. The van der Waals surface area contributed by atoms with Crippen LogP contribution >= 0.6 is 0 Å². The van der Waals surface area contributed by atoms with E-state index in [1.807, 2.05) is 54.6 Å². The molecule has 0 saturated heterocycles. The highest BCUT2D eigenvalue weighted by molar-refractivity contribution is 5.82. The summed E-state index contributed by atoms with van der Waals surface area (Å²) in [5.74, 6) is -0.203. The summed E-state index contributed by atoms with van der Waals surface area (Å²) in [6.45, 7) is 0.512. The van der Waals surface area contributed by atoms with Crippen molar-refractivity contribution in [2.45, 2.75) is 19.6 Å². The molecule has 158 valence electrons. The summed E-state index contributed by atoms with van der Waals surface area (Å²) in [5.41, 5.74) is 8.93. The minimum atomic E-state index is -0.366. The number of H-pyrrole nitrogens is 1. The Hall–Kier alpha value is -4.14. The van der Waals surface area contributed by atoms with Crippen molar-refractivity contribution in [3.8, 4) is 6.01 Å². The number of carbonyl (C=O) groups is 1. The SMILES string of the molecule is COC(=O)Cc1cccc(Cn2c(=O)[nH]c3c(N)nc(OCc4ccccc4)nc32)c1. The van der Waals surface area contributed by atoms with Crippen LogP contribution in [0.5, 0.6) is 6.01 Å². The summed E-state index contributed by atoms with van der Waals surface area (Å²) in [7, 11) is 1.35. The average Bonchev–Trinajstić information content (AvgIpc) is 3.09. The van der Waals surface area contributed by atoms with Crippen LogP contribution in [0.2, 0.25) is 0 Å². The zero-order valence-electron chi connectivity index (χ0n) is 16.9. The van der Waals surface area contributed by atoms with Gasteiger partial charge in [0.25, 0.3) is 0 Å². The average molecular weight is 419 g/mol. The van der Waals surface area contributed by atoms with E-state index in [9.17, 15) is 9.59 Å². The predicted octanol–water partition coefficient (Wildman–Crippen LogP) is 2.04. The van der Waals surface area contributed by atoms with Crippen molar-refractivity contribution in [3.05, 3.63) is 81.8 Å². The third-order valence-corrected chi connectivity index (χ3v) is 4.75. The van der Waals surface area contributed by atoms with Gasteiger partial charge in [0.05, 0.1) is 20.1 Å². The summed E-state index contributed by atoms with van der Waals surface area (Å²) in [4.78, 5) is 35.4. The van der Waals surface area contributed by atoms with Crippen LogP contribution in [0.15, 0.2) is 59.4 Å². The normalized spacial score (nSPS) is 10.9. The topological polar surface area (TPSA) is 125 Å². The van der Waals surface area contributed by atoms with Gasteiger partial charge in [0, 0.05) is 0 Å². The van der Waals surface area contributed by atoms with Gasteiger partial charge in [-0.2, -0.15) is 9.97 Å². The van der Waals surface area contributed by atoms with Crippen molar-refractivity contribution in [2.75, 3.05) is 12.8 Å². The molecule has 2 aromatic heterocycles. The fraction of sp³-hybridized carbons (Fsp3) is 0.182. The number of nitrogens with zero attached hydrogens (tertiary/aromatic N) is 3. The number of hydrogen-bond acceptors (Lipinski definition) is 7. The molecule has 4 rings (SSSR count). The lowest BCUT2D eigenvalue weighted by molar-refractivity contribution is -0.139. The maximum Gasteiger partial charge on any atom is 0.328 e. The molecule has 0 saturated carbocycles. The lowest BCUT2D eigenvalue weighted by Crippen LogP contribution is -2.18. The molecular weight excluding hydrogens is 398 g/mol. The first-order valence-electron chi connectivity index (χ1n) is 9.61. The van der Waals surface area contributed by atoms with E-state index in [1.165, 1.54) is 11.7 Å². The number of aromatic amines is 1. The highest BCUT2D eigenvalue weighted by Gasteiger charge is 2.15. The molecule has 0 unspecified atom stereocenters. The van der Waals surface area contributed by atoms with Gasteiger partial charge in [-0.15, -0.1) is 0 Å². The molecule has 0 amide bonds. The predicted molar refractivity (Wildman–Crippen MR) is 115 cm³/mol. The zero-order chi connectivity index (χ0) is 21.8. The summed E-state index contributed by atoms with van der Waals surface area (Å²) in [6, 6.07) is 17.0. The van der Waals surface area contributed by atoms with Crippen LogP contribution in [0.4, 0.5) is 5.82 Å². The molecule has 2 aromatic carbocycles. The second-order valence-electron chi connectivity index (χ2n) is 6.95. The van der Waals surface area contributed by atoms with Crippen molar-refractivity contribution in [1.82, 2.24) is 19.5 Å². The molecule has 0 radical (unpaired) electrons. The van der Waals surface area contributed by atoms with Crippen LogP contribution in [-0.4, -0.2) is 32.6 Å². The largest absolute Gasteiger partial charge is 0.469 e. The first kappa shape index (κ1) is 20.1. The van der Waals surface area contributed by atoms with Gasteiger partial charge in [0.15, 0.2) is 11.5 Å². The Labute approximate surface area is 177 Å². The first-order valence-corrected chi connectivity index (χ1v) is 9.61. The first-order chi connectivity index (χ1) is 15.0. The molecule has 0 aliphatic heterocycles. The number of esters is 1. The molecule has 4 aromatic rings. The molecule has 0 spiro atoms. The quantitative estimate of drug-likeness (QED) is 0.439. The summed E-state index contributed by atoms with van der Waals surface area (Å²) in [6.07, 6.45) is 0.152. The van der Waals surface area contributed by atoms with Crippen LogP contribution in [0.1, 0.15) is 16.7 Å². The smallest absolute Gasteiger partial charge is 0.328 e. The number of imidazole rings is 1. The van der Waals surface area contributed by atoms with E-state index in [4.69, 9.17) is 15.2 Å². The Morgan fingerprint density at radius 3 is 2.58 bits per heavy atom. The number of hydrogen-bond donors (Lipinski definition) is 2. The molecule has 0 atom stereocenters. The Balaban J connectivity index is 1.63. The highest BCUT2D eigenvalue weighted by atomic mass is 16.5. The molecule has 9 heteroatoms. The lowest BCUT2D eigenvalue weighted by atomic mass is 10.1. The van der Waals surface area contributed by atoms with E-state index in [2.05, 4.69) is 15.0 Å². The van der Waals surface area contributed by atoms with E-state index in [0.29, 0.717) is 11.2 Å². The van der Waals surface area contributed by atoms with Gasteiger partial charge in [0.1, 0.15) is 12.1 Å². The third-order valence-electron chi connectivity index (χ3n) is 4.75. The summed E-state index contributed by atoms with van der Waals surface area (Å²) < 4.78 is 11.9. The van der Waals surface area contributed by atoms with Gasteiger partial charge in [-0.05, 0) is 16.7 Å². The number of nitrogens with two attached hydrogens (primary N) is 1. The van der Waals surface area contributed by atoms with E-state index < -0.39 is 0 Å². The number of rotatable bonds is 7. The molecule has 0 aliphatic carbocycles. The number of nitrogen functional groups attached to an aromatic ring is 1. The fourth-order valence-corrected chi connectivity index (χ4v) is 3.22. The molecule has 9 nitrogen and oxygen atoms in total. The van der Waals surface area contributed by atoms with E-state index in [0.717, 1.165) is 16.7 Å². The van der Waals surface area contributed by atoms with Crippen LogP contribution in [0, 0.1) is 0 Å². The molecule has 0 aliphatic rings. The molecular formula is C22H21N5O4. The van der Waals surface area contributed by atoms with Gasteiger partial charge in [0.2, 0.25) is 0 Å². The number of ether oxygens (including phenoxy) is 2. The van der Waals surface area contributed by atoms with Crippen molar-refractivity contribution < 1.29 is 14.3 Å². The molecule has 3 N–H and O–H groups in total. The van der Waals surface area contributed by atoms with E-state index in [1.54, 1.807) is 0 Å². The Morgan fingerprint density at radius 1 is 1.06 bits per heavy atom. The number of aromatic nitrogens is 4. The second kappa shape index (κ2) is 8.70. The van der Waals surface area contributed by atoms with Crippen molar-refractivity contribution in [1.29, 1.82) is 0 Å². The van der Waals surface area contributed by atoms with Crippen LogP contribution in [-0.2, 0) is 29.1 Å². The standard InChI is InChI=1S/C22H21N5O4/c1-30-17(28)11-15-8-5-9-16(10-15)12-27-20-18(24-22(27)29)19(23)25-21(26-20)31-13-14-6-3-2-4-7-14/h2-10H,11-13H2,1H3,(H,24,29)(H2,23,25,26). The van der Waals surface area contributed by atoms with Gasteiger partial charge in [-0.1, -0.05) is 54.6 Å². The van der Waals surface area contributed by atoms with Gasteiger partial charge >= 0.3 is 17.7 Å². The van der Waals surface area contributed by atoms with Crippen molar-refractivity contribution in [3.63, 3.8) is 0 Å². The zero-order valence-corrected chi connectivity index (χ0v) is 16.9. The van der Waals surface area contributed by atoms with Crippen LogP contribution < -0.4 is 16.2 Å². The van der Waals surface area contributed by atoms with Gasteiger partial charge in [-0.3, -0.25) is 9.36 Å². The van der Waals surface area contributed by atoms with E-state index in [-0.39, 0.29) is 43.1 Å². The van der Waals surface area contributed by atoms with Crippen LogP contribution in [0.3, 0.4) is 0 Å². The van der Waals surface area contributed by atoms with Gasteiger partial charge in [-0.25, -0.2) is 4.79 Å². The molecule has 31 heavy (non-hydrogen) atoms. The number of fused-ring (bicyclic) bond motifs is 1. The van der Waals surface area contributed by atoms with Crippen LogP contribution in [0.25, 0.3) is 11.2 Å². The Bertz CT molecular complexity index is 1280. The molecule has 2 heterocycles. The highest BCUT2D eigenvalue weighted by Crippen LogP contribution is 2.19.